The first-order valence-electron chi connectivity index (χ1n) is 9.12. The average Bonchev–Trinajstić information content (AvgIpc) is 2.81. The second-order valence-corrected chi connectivity index (χ2v) is 8.70. The van der Waals surface area contributed by atoms with Gasteiger partial charge in [-0.05, 0) is 56.4 Å². The molecule has 5 atom stereocenters. The number of carboxylic acid groups (broad SMARTS) is 1. The summed E-state index contributed by atoms with van der Waals surface area (Å²) in [6.07, 6.45) is 9.16. The maximum Gasteiger partial charge on any atom is 0.336 e. The number of fused-ring (bicyclic) bond motifs is 5. The summed E-state index contributed by atoms with van der Waals surface area (Å²) >= 11 is 0. The van der Waals surface area contributed by atoms with Crippen molar-refractivity contribution in [2.75, 3.05) is 0 Å². The first-order valence-corrected chi connectivity index (χ1v) is 9.12. The molecule has 0 heterocycles. The van der Waals surface area contributed by atoms with Crippen LogP contribution in [0.1, 0.15) is 58.8 Å². The molecule has 0 radical (unpaired) electrons. The van der Waals surface area contributed by atoms with Gasteiger partial charge in [0.2, 0.25) is 0 Å². The third-order valence-electron chi connectivity index (χ3n) is 7.84. The van der Waals surface area contributed by atoms with Gasteiger partial charge in [-0.1, -0.05) is 31.1 Å². The van der Waals surface area contributed by atoms with Gasteiger partial charge in [0.1, 0.15) is 0 Å². The van der Waals surface area contributed by atoms with E-state index < -0.39 is 17.0 Å². The van der Waals surface area contributed by atoms with E-state index in [-0.39, 0.29) is 17.1 Å². The minimum Gasteiger partial charge on any atom is -0.479 e. The highest BCUT2D eigenvalue weighted by atomic mass is 16.4. The molecule has 2 fully saturated rings. The van der Waals surface area contributed by atoms with Crippen LogP contribution in [0.3, 0.4) is 0 Å². The van der Waals surface area contributed by atoms with Crippen molar-refractivity contribution in [3.63, 3.8) is 0 Å². The van der Waals surface area contributed by atoms with Crippen LogP contribution in [0.25, 0.3) is 0 Å². The largest absolute Gasteiger partial charge is 0.479 e. The molecule has 4 heteroatoms. The van der Waals surface area contributed by atoms with Gasteiger partial charge in [-0.25, -0.2) is 4.79 Å². The van der Waals surface area contributed by atoms with E-state index in [1.165, 1.54) is 11.1 Å². The predicted molar refractivity (Wildman–Crippen MR) is 89.3 cm³/mol. The molecule has 0 bridgehead atoms. The van der Waals surface area contributed by atoms with E-state index in [0.29, 0.717) is 25.2 Å². The molecule has 0 saturated heterocycles. The Morgan fingerprint density at radius 3 is 2.67 bits per heavy atom. The van der Waals surface area contributed by atoms with Crippen LogP contribution >= 0.6 is 0 Å². The van der Waals surface area contributed by atoms with Crippen LogP contribution in [-0.4, -0.2) is 27.6 Å². The molecule has 4 aliphatic carbocycles. The van der Waals surface area contributed by atoms with E-state index in [2.05, 4.69) is 13.0 Å². The molecule has 24 heavy (non-hydrogen) atoms. The van der Waals surface area contributed by atoms with Crippen molar-refractivity contribution in [1.82, 2.24) is 0 Å². The highest BCUT2D eigenvalue weighted by Gasteiger charge is 2.64. The first-order chi connectivity index (χ1) is 11.2. The number of hydrogen-bond donors (Lipinski definition) is 2. The lowest BCUT2D eigenvalue weighted by Crippen LogP contribution is -2.54. The quantitative estimate of drug-likeness (QED) is 0.724. The van der Waals surface area contributed by atoms with Crippen molar-refractivity contribution in [2.24, 2.45) is 22.7 Å². The number of carbonyl (C=O) groups is 2. The van der Waals surface area contributed by atoms with Gasteiger partial charge in [0.25, 0.3) is 0 Å². The van der Waals surface area contributed by atoms with Crippen LogP contribution in [-0.2, 0) is 9.59 Å². The van der Waals surface area contributed by atoms with Crippen molar-refractivity contribution in [3.05, 3.63) is 23.3 Å². The second kappa shape index (κ2) is 4.81. The standard InChI is InChI=1S/C20H26O4/c1-18-8-5-13(21)11-12(18)3-4-14-15(18)6-9-19(2)16(14)7-10-20(19,24)17(22)23/h6,11,14,16,24H,3-5,7-10H2,1-2H3,(H,22,23)/t14-,16+,18+,19+,20+/m1/s1. The molecule has 0 aromatic heterocycles. The Kier molecular flexibility index (Phi) is 3.22. The van der Waals surface area contributed by atoms with Crippen LogP contribution < -0.4 is 0 Å². The lowest BCUT2D eigenvalue weighted by molar-refractivity contribution is -0.174. The van der Waals surface area contributed by atoms with E-state index in [1.54, 1.807) is 0 Å². The highest BCUT2D eigenvalue weighted by Crippen LogP contribution is 2.65. The fraction of sp³-hybridized carbons (Fsp3) is 0.700. The summed E-state index contributed by atoms with van der Waals surface area (Å²) in [7, 11) is 0. The Bertz CT molecular complexity index is 690. The Labute approximate surface area is 142 Å². The number of hydrogen-bond acceptors (Lipinski definition) is 3. The fourth-order valence-corrected chi connectivity index (χ4v) is 6.22. The molecule has 4 rings (SSSR count). The van der Waals surface area contributed by atoms with Gasteiger partial charge in [-0.3, -0.25) is 4.79 Å². The molecular formula is C20H26O4. The normalized spacial score (nSPS) is 47.2. The molecule has 0 aromatic carbocycles. The van der Waals surface area contributed by atoms with Crippen LogP contribution in [0.4, 0.5) is 0 Å². The van der Waals surface area contributed by atoms with Crippen molar-refractivity contribution < 1.29 is 19.8 Å². The number of rotatable bonds is 1. The highest BCUT2D eigenvalue weighted by molar-refractivity contribution is 5.92. The fourth-order valence-electron chi connectivity index (χ4n) is 6.22. The maximum atomic E-state index is 11.8. The van der Waals surface area contributed by atoms with Crippen molar-refractivity contribution in [2.45, 2.75) is 64.4 Å². The van der Waals surface area contributed by atoms with E-state index in [9.17, 15) is 19.8 Å². The molecule has 0 spiro atoms. The molecule has 4 aliphatic rings. The van der Waals surface area contributed by atoms with Crippen LogP contribution in [0.2, 0.25) is 0 Å². The Morgan fingerprint density at radius 1 is 1.21 bits per heavy atom. The second-order valence-electron chi connectivity index (χ2n) is 8.70. The van der Waals surface area contributed by atoms with Crippen molar-refractivity contribution in [1.29, 1.82) is 0 Å². The number of aliphatic hydroxyl groups is 1. The lowest BCUT2D eigenvalue weighted by Gasteiger charge is -2.54. The minimum absolute atomic E-state index is 0.0396. The topological polar surface area (TPSA) is 74.6 Å². The van der Waals surface area contributed by atoms with E-state index in [0.717, 1.165) is 25.7 Å². The van der Waals surface area contributed by atoms with E-state index >= 15 is 0 Å². The molecule has 0 unspecified atom stereocenters. The minimum atomic E-state index is -1.61. The summed E-state index contributed by atoms with van der Waals surface area (Å²) in [5, 5.41) is 20.5. The molecule has 130 valence electrons. The molecule has 0 aliphatic heterocycles. The zero-order valence-corrected chi connectivity index (χ0v) is 14.5. The molecule has 4 nitrogen and oxygen atoms in total. The zero-order chi connectivity index (χ0) is 17.3. The van der Waals surface area contributed by atoms with Gasteiger partial charge in [-0.2, -0.15) is 0 Å². The third kappa shape index (κ3) is 1.78. The van der Waals surface area contributed by atoms with Crippen molar-refractivity contribution >= 4 is 11.8 Å². The molecule has 0 aromatic rings. The summed E-state index contributed by atoms with van der Waals surface area (Å²) in [6, 6.07) is 0. The number of carbonyl (C=O) groups excluding carboxylic acids is 1. The van der Waals surface area contributed by atoms with Gasteiger partial charge in [-0.15, -0.1) is 0 Å². The molecule has 2 N–H and O–H groups in total. The smallest absolute Gasteiger partial charge is 0.336 e. The molecule has 0 amide bonds. The first kappa shape index (κ1) is 16.1. The van der Waals surface area contributed by atoms with Crippen LogP contribution in [0.5, 0.6) is 0 Å². The Balaban J connectivity index is 1.77. The SMILES string of the molecule is C[C@]12CCC(=O)C=C1CC[C@@H]1C2=CC[C@@]2(C)[C@H]1CC[C@]2(O)C(=O)O. The van der Waals surface area contributed by atoms with Gasteiger partial charge in [0, 0.05) is 17.3 Å². The van der Waals surface area contributed by atoms with E-state index in [4.69, 9.17) is 0 Å². The van der Waals surface area contributed by atoms with Crippen molar-refractivity contribution in [3.8, 4) is 0 Å². The number of aliphatic carboxylic acids is 1. The van der Waals surface area contributed by atoms with Gasteiger partial charge in [0.05, 0.1) is 0 Å². The summed E-state index contributed by atoms with van der Waals surface area (Å²) in [6.45, 7) is 4.22. The predicted octanol–water partition coefficient (Wildman–Crippen LogP) is 3.25. The van der Waals surface area contributed by atoms with E-state index in [1.807, 2.05) is 13.0 Å². The summed E-state index contributed by atoms with van der Waals surface area (Å²) in [4.78, 5) is 23.6. The van der Waals surface area contributed by atoms with Gasteiger partial charge in [0.15, 0.2) is 11.4 Å². The monoisotopic (exact) mass is 330 g/mol. The Hall–Kier alpha value is -1.42. The summed E-state index contributed by atoms with van der Waals surface area (Å²) in [5.41, 5.74) is 0.428. The number of allylic oxidation sites excluding steroid dienone is 4. The third-order valence-corrected chi connectivity index (χ3v) is 7.84. The number of ketones is 1. The number of carboxylic acids is 1. The summed E-state index contributed by atoms with van der Waals surface area (Å²) < 4.78 is 0. The zero-order valence-electron chi connectivity index (χ0n) is 14.5. The Morgan fingerprint density at radius 2 is 1.96 bits per heavy atom. The maximum absolute atomic E-state index is 11.8. The van der Waals surface area contributed by atoms with Crippen LogP contribution in [0.15, 0.2) is 23.3 Å². The lowest BCUT2D eigenvalue weighted by atomic mass is 9.50. The van der Waals surface area contributed by atoms with Crippen LogP contribution in [0, 0.1) is 22.7 Å². The average molecular weight is 330 g/mol. The molecule has 2 saturated carbocycles. The van der Waals surface area contributed by atoms with Gasteiger partial charge < -0.3 is 10.2 Å². The summed E-state index contributed by atoms with van der Waals surface area (Å²) in [5.74, 6) is -0.277. The molecular weight excluding hydrogens is 304 g/mol. The van der Waals surface area contributed by atoms with Gasteiger partial charge >= 0.3 is 5.97 Å².